The second-order valence-corrected chi connectivity index (χ2v) is 9.53. The van der Waals surface area contributed by atoms with E-state index >= 15 is 0 Å². The molecule has 0 aromatic heterocycles. The molecule has 1 aliphatic carbocycles. The van der Waals surface area contributed by atoms with Crippen LogP contribution in [0.15, 0.2) is 0 Å². The van der Waals surface area contributed by atoms with Gasteiger partial charge in [-0.3, -0.25) is 15.5 Å². The SMILES string of the molecule is COCCNC1CC(C2NOC([C@H]3CCC[NH+]3CC3CCCCC3)N2)CC[NH2+]1. The number of hydroxylamine groups is 1. The molecule has 0 amide bonds. The lowest BCUT2D eigenvalue weighted by atomic mass is 9.89. The van der Waals surface area contributed by atoms with Crippen LogP contribution in [0.25, 0.3) is 0 Å². The highest BCUT2D eigenvalue weighted by atomic mass is 16.7. The van der Waals surface area contributed by atoms with Gasteiger partial charge >= 0.3 is 0 Å². The Labute approximate surface area is 170 Å². The fraction of sp³-hybridized carbons (Fsp3) is 1.00. The topological polar surface area (TPSA) is 75.6 Å². The second-order valence-electron chi connectivity index (χ2n) is 9.53. The normalized spacial score (nSPS) is 40.2. The van der Waals surface area contributed by atoms with Crippen LogP contribution in [0.2, 0.25) is 0 Å². The maximum atomic E-state index is 6.12. The zero-order chi connectivity index (χ0) is 19.2. The first-order chi connectivity index (χ1) is 13.8. The third-order valence-corrected chi connectivity index (χ3v) is 7.57. The van der Waals surface area contributed by atoms with Gasteiger partial charge in [0.05, 0.1) is 32.4 Å². The largest absolute Gasteiger partial charge is 0.383 e. The zero-order valence-electron chi connectivity index (χ0n) is 17.8. The molecule has 0 aromatic carbocycles. The fourth-order valence-corrected chi connectivity index (χ4v) is 6.01. The van der Waals surface area contributed by atoms with E-state index < -0.39 is 0 Å². The molecular formula is C21H43N5O2+2. The summed E-state index contributed by atoms with van der Waals surface area (Å²) in [5.41, 5.74) is 3.37. The quantitative estimate of drug-likeness (QED) is 0.337. The Morgan fingerprint density at radius 2 is 2.04 bits per heavy atom. The number of rotatable bonds is 8. The van der Waals surface area contributed by atoms with Crippen LogP contribution in [0.5, 0.6) is 0 Å². The van der Waals surface area contributed by atoms with Crippen LogP contribution in [-0.4, -0.2) is 64.5 Å². The number of ether oxygens (including phenoxy) is 1. The molecule has 7 heteroatoms. The summed E-state index contributed by atoms with van der Waals surface area (Å²) in [4.78, 5) is 7.92. The van der Waals surface area contributed by atoms with Gasteiger partial charge in [0, 0.05) is 51.2 Å². The summed E-state index contributed by atoms with van der Waals surface area (Å²) >= 11 is 0. The molecule has 4 fully saturated rings. The summed E-state index contributed by atoms with van der Waals surface area (Å²) in [6, 6.07) is 0.616. The molecule has 162 valence electrons. The van der Waals surface area contributed by atoms with Gasteiger partial charge < -0.3 is 15.0 Å². The van der Waals surface area contributed by atoms with Gasteiger partial charge in [-0.25, -0.2) is 0 Å². The molecule has 28 heavy (non-hydrogen) atoms. The molecule has 3 aliphatic heterocycles. The number of likely N-dealkylation sites (tertiary alicyclic amines) is 1. The summed E-state index contributed by atoms with van der Waals surface area (Å²) in [6.07, 6.45) is 13.3. The molecule has 0 bridgehead atoms. The predicted molar refractivity (Wildman–Crippen MR) is 108 cm³/mol. The highest BCUT2D eigenvalue weighted by Gasteiger charge is 2.44. The highest BCUT2D eigenvalue weighted by Crippen LogP contribution is 2.24. The second kappa shape index (κ2) is 10.7. The van der Waals surface area contributed by atoms with Crippen LogP contribution in [0.3, 0.4) is 0 Å². The monoisotopic (exact) mass is 397 g/mol. The first-order valence-electron chi connectivity index (χ1n) is 11.9. The van der Waals surface area contributed by atoms with Crippen molar-refractivity contribution in [2.24, 2.45) is 11.8 Å². The number of hydrogen-bond donors (Lipinski definition) is 5. The van der Waals surface area contributed by atoms with E-state index in [1.807, 2.05) is 0 Å². The van der Waals surface area contributed by atoms with E-state index in [2.05, 4.69) is 21.4 Å². The van der Waals surface area contributed by atoms with Gasteiger partial charge in [-0.1, -0.05) is 19.3 Å². The van der Waals surface area contributed by atoms with E-state index in [1.54, 1.807) is 12.0 Å². The number of quaternary nitrogens is 2. The maximum Gasteiger partial charge on any atom is 0.183 e. The van der Waals surface area contributed by atoms with Crippen molar-refractivity contribution < 1.29 is 19.8 Å². The molecular weight excluding hydrogens is 354 g/mol. The van der Waals surface area contributed by atoms with Crippen molar-refractivity contribution in [2.45, 2.75) is 82.4 Å². The molecule has 4 rings (SSSR count). The van der Waals surface area contributed by atoms with Crippen LogP contribution in [0.4, 0.5) is 0 Å². The smallest absolute Gasteiger partial charge is 0.183 e. The number of hydrogen-bond acceptors (Lipinski definition) is 5. The molecule has 0 radical (unpaired) electrons. The summed E-state index contributed by atoms with van der Waals surface area (Å²) in [7, 11) is 1.77. The molecule has 7 nitrogen and oxygen atoms in total. The molecule has 5 unspecified atom stereocenters. The number of piperidine rings is 1. The van der Waals surface area contributed by atoms with Gasteiger partial charge in [0.25, 0.3) is 0 Å². The molecule has 3 saturated heterocycles. The molecule has 6 N–H and O–H groups in total. The first-order valence-corrected chi connectivity index (χ1v) is 11.9. The minimum atomic E-state index is 0.178. The lowest BCUT2D eigenvalue weighted by molar-refractivity contribution is -0.919. The van der Waals surface area contributed by atoms with Gasteiger partial charge in [0.1, 0.15) is 12.2 Å². The van der Waals surface area contributed by atoms with E-state index in [0.717, 1.165) is 19.1 Å². The number of nitrogens with one attached hydrogen (secondary N) is 4. The van der Waals surface area contributed by atoms with Crippen molar-refractivity contribution in [1.82, 2.24) is 16.1 Å². The Morgan fingerprint density at radius 1 is 1.14 bits per heavy atom. The van der Waals surface area contributed by atoms with Crippen LogP contribution in [-0.2, 0) is 9.57 Å². The van der Waals surface area contributed by atoms with Crippen molar-refractivity contribution in [2.75, 3.05) is 39.9 Å². The van der Waals surface area contributed by atoms with E-state index in [1.165, 1.54) is 77.4 Å². The zero-order valence-corrected chi connectivity index (χ0v) is 17.8. The molecule has 3 heterocycles. The Kier molecular flexibility index (Phi) is 7.98. The van der Waals surface area contributed by atoms with Crippen molar-refractivity contribution in [3.05, 3.63) is 0 Å². The predicted octanol–water partition coefficient (Wildman–Crippen LogP) is -1.07. The van der Waals surface area contributed by atoms with Crippen molar-refractivity contribution in [1.29, 1.82) is 0 Å². The van der Waals surface area contributed by atoms with Gasteiger partial charge in [0.15, 0.2) is 6.23 Å². The van der Waals surface area contributed by atoms with Gasteiger partial charge in [-0.15, -0.1) is 0 Å². The van der Waals surface area contributed by atoms with E-state index in [0.29, 0.717) is 24.3 Å². The van der Waals surface area contributed by atoms with Gasteiger partial charge in [-0.05, 0) is 12.8 Å². The van der Waals surface area contributed by atoms with Crippen LogP contribution in [0, 0.1) is 11.8 Å². The lowest BCUT2D eigenvalue weighted by Gasteiger charge is -2.32. The third-order valence-electron chi connectivity index (χ3n) is 7.57. The van der Waals surface area contributed by atoms with Crippen LogP contribution >= 0.6 is 0 Å². The highest BCUT2D eigenvalue weighted by molar-refractivity contribution is 4.84. The number of methoxy groups -OCH3 is 1. The molecule has 0 aromatic rings. The molecule has 4 aliphatic rings. The first kappa shape index (κ1) is 21.0. The Hall–Kier alpha value is -0.280. The van der Waals surface area contributed by atoms with E-state index in [4.69, 9.17) is 9.57 Å². The molecule has 1 saturated carbocycles. The lowest BCUT2D eigenvalue weighted by Crippen LogP contribution is -3.15. The minimum absolute atomic E-state index is 0.178. The fourth-order valence-electron chi connectivity index (χ4n) is 6.01. The van der Waals surface area contributed by atoms with Crippen LogP contribution < -0.4 is 26.3 Å². The van der Waals surface area contributed by atoms with Gasteiger partial charge in [0.2, 0.25) is 0 Å². The Balaban J connectivity index is 1.24. The van der Waals surface area contributed by atoms with Crippen molar-refractivity contribution in [3.8, 4) is 0 Å². The Morgan fingerprint density at radius 3 is 2.89 bits per heavy atom. The molecule has 0 spiro atoms. The standard InChI is InChI=1S/C21H41N5O2/c1-27-13-11-23-19-14-17(9-10-22-19)20-24-21(28-25-20)18-8-5-12-26(18)15-16-6-3-2-4-7-16/h16-25H,2-15H2,1H3/p+2/t17?,18-,19?,20?,21?/m1/s1. The summed E-state index contributed by atoms with van der Waals surface area (Å²) in [5, 5.41) is 9.89. The third kappa shape index (κ3) is 5.45. The van der Waals surface area contributed by atoms with E-state index in [-0.39, 0.29) is 6.23 Å². The van der Waals surface area contributed by atoms with Crippen molar-refractivity contribution >= 4 is 0 Å². The number of nitrogens with two attached hydrogens (primary N) is 1. The van der Waals surface area contributed by atoms with E-state index in [9.17, 15) is 0 Å². The van der Waals surface area contributed by atoms with Gasteiger partial charge in [-0.2, -0.15) is 5.48 Å². The van der Waals surface area contributed by atoms with Crippen LogP contribution in [0.1, 0.15) is 57.8 Å². The average Bonchev–Trinajstić information content (AvgIpc) is 3.39. The average molecular weight is 398 g/mol. The summed E-state index contributed by atoms with van der Waals surface area (Å²) in [6.45, 7) is 5.58. The Bertz CT molecular complexity index is 462. The van der Waals surface area contributed by atoms with Crippen molar-refractivity contribution in [3.63, 3.8) is 0 Å². The minimum Gasteiger partial charge on any atom is -0.383 e. The molecule has 6 atom stereocenters. The summed E-state index contributed by atoms with van der Waals surface area (Å²) in [5.74, 6) is 1.57. The maximum absolute atomic E-state index is 6.12. The summed E-state index contributed by atoms with van der Waals surface area (Å²) < 4.78 is 5.17.